The second kappa shape index (κ2) is 5.92. The third-order valence-electron chi connectivity index (χ3n) is 4.06. The first-order valence-electron chi connectivity index (χ1n) is 7.58. The van der Waals surface area contributed by atoms with Crippen molar-refractivity contribution >= 4 is 34.2 Å². The van der Waals surface area contributed by atoms with Crippen LogP contribution >= 0.6 is 12.2 Å². The van der Waals surface area contributed by atoms with E-state index in [2.05, 4.69) is 25.1 Å². The second-order valence-corrected chi connectivity index (χ2v) is 5.80. The van der Waals surface area contributed by atoms with E-state index in [1.165, 1.54) is 0 Å². The predicted molar refractivity (Wildman–Crippen MR) is 93.5 cm³/mol. The van der Waals surface area contributed by atoms with Gasteiger partial charge in [-0.25, -0.2) is 4.98 Å². The van der Waals surface area contributed by atoms with Crippen molar-refractivity contribution in [2.24, 2.45) is 0 Å². The molecular formula is C16H16N6S. The Labute approximate surface area is 139 Å². The first-order valence-corrected chi connectivity index (χ1v) is 7.99. The van der Waals surface area contributed by atoms with E-state index in [0.29, 0.717) is 5.11 Å². The van der Waals surface area contributed by atoms with Crippen molar-refractivity contribution in [3.8, 4) is 0 Å². The van der Waals surface area contributed by atoms with Crippen molar-refractivity contribution < 1.29 is 0 Å². The molecule has 116 valence electrons. The average molecular weight is 324 g/mol. The molecular weight excluding hydrogens is 308 g/mol. The summed E-state index contributed by atoms with van der Waals surface area (Å²) in [6.45, 7) is 3.49. The highest BCUT2D eigenvalue weighted by molar-refractivity contribution is 7.80. The number of anilines is 1. The molecule has 0 aliphatic carbocycles. The lowest BCUT2D eigenvalue weighted by Crippen LogP contribution is -2.50. The molecule has 3 heterocycles. The van der Waals surface area contributed by atoms with E-state index in [-0.39, 0.29) is 0 Å². The van der Waals surface area contributed by atoms with Crippen LogP contribution in [0.5, 0.6) is 0 Å². The monoisotopic (exact) mass is 324 g/mol. The molecule has 0 radical (unpaired) electrons. The van der Waals surface area contributed by atoms with Gasteiger partial charge in [0.2, 0.25) is 0 Å². The molecule has 0 N–H and O–H groups in total. The maximum absolute atomic E-state index is 5.63. The van der Waals surface area contributed by atoms with Crippen molar-refractivity contribution in [2.75, 3.05) is 31.1 Å². The molecule has 0 amide bonds. The Morgan fingerprint density at radius 1 is 0.957 bits per heavy atom. The summed E-state index contributed by atoms with van der Waals surface area (Å²) in [4.78, 5) is 8.86. The molecule has 0 bridgehead atoms. The molecule has 7 heteroatoms. The number of aromatic nitrogens is 4. The minimum atomic E-state index is 0.708. The summed E-state index contributed by atoms with van der Waals surface area (Å²) in [5, 5.41) is 9.09. The van der Waals surface area contributed by atoms with E-state index in [4.69, 9.17) is 12.2 Å². The Morgan fingerprint density at radius 3 is 2.52 bits per heavy atom. The highest BCUT2D eigenvalue weighted by Gasteiger charge is 2.22. The summed E-state index contributed by atoms with van der Waals surface area (Å²) in [6.07, 6.45) is 1.83. The van der Waals surface area contributed by atoms with Crippen LogP contribution in [0.15, 0.2) is 48.7 Å². The van der Waals surface area contributed by atoms with Crippen LogP contribution in [0.2, 0.25) is 0 Å². The Morgan fingerprint density at radius 2 is 1.74 bits per heavy atom. The quantitative estimate of drug-likeness (QED) is 0.636. The van der Waals surface area contributed by atoms with Gasteiger partial charge in [-0.1, -0.05) is 23.4 Å². The Bertz CT molecular complexity index is 823. The van der Waals surface area contributed by atoms with Gasteiger partial charge in [-0.05, 0) is 36.5 Å². The topological polar surface area (TPSA) is 50.1 Å². The van der Waals surface area contributed by atoms with Gasteiger partial charge >= 0.3 is 0 Å². The minimum absolute atomic E-state index is 0.708. The molecule has 0 atom stereocenters. The molecule has 1 aliphatic heterocycles. The number of benzene rings is 1. The van der Waals surface area contributed by atoms with Crippen LogP contribution in [0.25, 0.3) is 11.0 Å². The van der Waals surface area contributed by atoms with Crippen LogP contribution in [0.3, 0.4) is 0 Å². The fourth-order valence-electron chi connectivity index (χ4n) is 2.81. The average Bonchev–Trinajstić information content (AvgIpc) is 3.06. The predicted octanol–water partition coefficient (Wildman–Crippen LogP) is 1.78. The fourth-order valence-corrected chi connectivity index (χ4v) is 3.13. The zero-order valence-electron chi connectivity index (χ0n) is 12.5. The number of pyridine rings is 1. The Balaban J connectivity index is 1.49. The maximum Gasteiger partial charge on any atom is 0.198 e. The molecule has 0 saturated carbocycles. The van der Waals surface area contributed by atoms with Crippen molar-refractivity contribution in [2.45, 2.75) is 0 Å². The normalized spacial score (nSPS) is 15.1. The number of para-hydroxylation sites is 1. The molecule has 0 spiro atoms. The van der Waals surface area contributed by atoms with Crippen molar-refractivity contribution in [3.05, 3.63) is 48.7 Å². The zero-order chi connectivity index (χ0) is 15.6. The molecule has 1 aliphatic rings. The van der Waals surface area contributed by atoms with Gasteiger partial charge in [0.05, 0.1) is 5.52 Å². The van der Waals surface area contributed by atoms with E-state index < -0.39 is 0 Å². The van der Waals surface area contributed by atoms with E-state index in [1.54, 1.807) is 4.68 Å². The number of piperazine rings is 1. The SMILES string of the molecule is S=C(N1CCN(c2ccccn2)CC1)n1nnc2ccccc21. The molecule has 2 aromatic heterocycles. The first kappa shape index (κ1) is 14.1. The van der Waals surface area contributed by atoms with Crippen LogP contribution in [0.4, 0.5) is 5.82 Å². The van der Waals surface area contributed by atoms with E-state index in [9.17, 15) is 0 Å². The molecule has 23 heavy (non-hydrogen) atoms. The fraction of sp³-hybridized carbons (Fsp3) is 0.250. The summed E-state index contributed by atoms with van der Waals surface area (Å²) in [5.41, 5.74) is 1.81. The lowest BCUT2D eigenvalue weighted by Gasteiger charge is -2.36. The third kappa shape index (κ3) is 2.63. The van der Waals surface area contributed by atoms with Gasteiger partial charge < -0.3 is 9.80 Å². The molecule has 1 aromatic carbocycles. The van der Waals surface area contributed by atoms with Crippen LogP contribution in [-0.2, 0) is 0 Å². The van der Waals surface area contributed by atoms with Crippen LogP contribution in [0, 0.1) is 0 Å². The van der Waals surface area contributed by atoms with Gasteiger partial charge in [0, 0.05) is 32.4 Å². The molecule has 4 rings (SSSR count). The van der Waals surface area contributed by atoms with Crippen molar-refractivity contribution in [3.63, 3.8) is 0 Å². The smallest absolute Gasteiger partial charge is 0.198 e. The Kier molecular flexibility index (Phi) is 3.63. The lowest BCUT2D eigenvalue weighted by molar-refractivity contribution is 0.378. The first-order chi connectivity index (χ1) is 11.3. The number of nitrogens with zero attached hydrogens (tertiary/aromatic N) is 6. The molecule has 1 saturated heterocycles. The lowest BCUT2D eigenvalue weighted by atomic mass is 10.3. The molecule has 1 fully saturated rings. The number of thiocarbonyl (C=S) groups is 1. The van der Waals surface area contributed by atoms with Crippen LogP contribution in [-0.4, -0.2) is 56.2 Å². The Hall–Kier alpha value is -2.54. The number of fused-ring (bicyclic) bond motifs is 1. The molecule has 0 unspecified atom stereocenters. The van der Waals surface area contributed by atoms with Crippen molar-refractivity contribution in [1.82, 2.24) is 24.9 Å². The third-order valence-corrected chi connectivity index (χ3v) is 4.49. The van der Waals surface area contributed by atoms with Gasteiger partial charge in [-0.3, -0.25) is 0 Å². The van der Waals surface area contributed by atoms with Gasteiger partial charge in [0.15, 0.2) is 5.11 Å². The van der Waals surface area contributed by atoms with Gasteiger partial charge in [0.1, 0.15) is 11.3 Å². The van der Waals surface area contributed by atoms with Gasteiger partial charge in [0.25, 0.3) is 0 Å². The summed E-state index contributed by atoms with van der Waals surface area (Å²) >= 11 is 5.63. The standard InChI is InChI=1S/C16H16N6S/c23-16(22-14-6-2-1-5-13(14)18-19-22)21-11-9-20(10-12-21)15-7-3-4-8-17-15/h1-8H,9-12H2. The maximum atomic E-state index is 5.63. The largest absolute Gasteiger partial charge is 0.353 e. The number of rotatable bonds is 1. The van der Waals surface area contributed by atoms with Gasteiger partial charge in [-0.2, -0.15) is 4.68 Å². The molecule has 3 aromatic rings. The highest BCUT2D eigenvalue weighted by Crippen LogP contribution is 2.15. The zero-order valence-corrected chi connectivity index (χ0v) is 13.4. The summed E-state index contributed by atoms with van der Waals surface area (Å²) in [7, 11) is 0. The van der Waals surface area contributed by atoms with E-state index in [1.807, 2.05) is 48.7 Å². The van der Waals surface area contributed by atoms with Crippen LogP contribution in [0.1, 0.15) is 0 Å². The van der Waals surface area contributed by atoms with Gasteiger partial charge in [-0.15, -0.1) is 5.10 Å². The summed E-state index contributed by atoms with van der Waals surface area (Å²) in [6, 6.07) is 13.9. The summed E-state index contributed by atoms with van der Waals surface area (Å²) in [5.74, 6) is 1.02. The van der Waals surface area contributed by atoms with E-state index >= 15 is 0 Å². The second-order valence-electron chi connectivity index (χ2n) is 5.43. The van der Waals surface area contributed by atoms with E-state index in [0.717, 1.165) is 43.0 Å². The van der Waals surface area contributed by atoms with Crippen molar-refractivity contribution in [1.29, 1.82) is 0 Å². The van der Waals surface area contributed by atoms with Crippen LogP contribution < -0.4 is 4.90 Å². The highest BCUT2D eigenvalue weighted by atomic mass is 32.1. The minimum Gasteiger partial charge on any atom is -0.353 e. The number of hydrogen-bond acceptors (Lipinski definition) is 5. The molecule has 6 nitrogen and oxygen atoms in total. The summed E-state index contributed by atoms with van der Waals surface area (Å²) < 4.78 is 1.75. The number of hydrogen-bond donors (Lipinski definition) is 0.